The molecule has 1 aromatic heterocycles. The fourth-order valence-corrected chi connectivity index (χ4v) is 4.67. The van der Waals surface area contributed by atoms with Gasteiger partial charge in [0.15, 0.2) is 9.84 Å². The van der Waals surface area contributed by atoms with Crippen LogP contribution >= 0.6 is 0 Å². The van der Waals surface area contributed by atoms with Crippen LogP contribution in [0.4, 0.5) is 5.82 Å². The van der Waals surface area contributed by atoms with E-state index in [1.54, 1.807) is 12.1 Å². The number of fused-ring (bicyclic) bond motifs is 1. The smallest absolute Gasteiger partial charge is 0.181 e. The molecule has 1 aliphatic carbocycles. The van der Waals surface area contributed by atoms with Gasteiger partial charge in [0, 0.05) is 17.7 Å². The van der Waals surface area contributed by atoms with E-state index < -0.39 is 9.84 Å². The summed E-state index contributed by atoms with van der Waals surface area (Å²) in [6.45, 7) is 1.94. The van der Waals surface area contributed by atoms with Crippen LogP contribution in [0.5, 0.6) is 0 Å². The molecule has 0 saturated heterocycles. The predicted octanol–water partition coefficient (Wildman–Crippen LogP) is 2.60. The minimum absolute atomic E-state index is 0.0775. The normalized spacial score (nSPS) is 22.3. The van der Waals surface area contributed by atoms with Crippen molar-refractivity contribution in [2.24, 2.45) is 0 Å². The maximum atomic E-state index is 12.2. The van der Waals surface area contributed by atoms with Crippen molar-refractivity contribution in [2.75, 3.05) is 11.1 Å². The van der Waals surface area contributed by atoms with Crippen molar-refractivity contribution in [3.05, 3.63) is 47.4 Å². The summed E-state index contributed by atoms with van der Waals surface area (Å²) in [6.07, 6.45) is 2.28. The summed E-state index contributed by atoms with van der Waals surface area (Å²) in [5.41, 5.74) is 1.74. The highest BCUT2D eigenvalue weighted by atomic mass is 32.2. The molecule has 1 aliphatic heterocycles. The number of nitrogens with zero attached hydrogens (tertiary/aromatic N) is 2. The second-order valence-corrected chi connectivity index (χ2v) is 8.05. The van der Waals surface area contributed by atoms with E-state index in [2.05, 4.69) is 15.3 Å². The van der Waals surface area contributed by atoms with Crippen molar-refractivity contribution in [1.82, 2.24) is 9.97 Å². The number of anilines is 1. The van der Waals surface area contributed by atoms with E-state index in [1.165, 1.54) is 0 Å². The third-order valence-corrected chi connectivity index (χ3v) is 5.97. The molecule has 22 heavy (non-hydrogen) atoms. The zero-order chi connectivity index (χ0) is 15.3. The quantitative estimate of drug-likeness (QED) is 0.942. The summed E-state index contributed by atoms with van der Waals surface area (Å²) in [4.78, 5) is 9.47. The van der Waals surface area contributed by atoms with Gasteiger partial charge in [0.2, 0.25) is 0 Å². The van der Waals surface area contributed by atoms with Gasteiger partial charge in [0.05, 0.1) is 16.7 Å². The monoisotopic (exact) mass is 315 g/mol. The number of aryl methyl sites for hydroxylation is 1. The highest BCUT2D eigenvalue weighted by molar-refractivity contribution is 7.91. The number of sulfone groups is 1. The first kappa shape index (κ1) is 13.7. The van der Waals surface area contributed by atoms with Crippen molar-refractivity contribution in [3.8, 4) is 0 Å². The van der Waals surface area contributed by atoms with E-state index in [1.807, 2.05) is 25.1 Å². The molecule has 6 heteroatoms. The van der Waals surface area contributed by atoms with Gasteiger partial charge in [0.1, 0.15) is 11.6 Å². The van der Waals surface area contributed by atoms with E-state index in [4.69, 9.17) is 0 Å². The first-order valence-corrected chi connectivity index (χ1v) is 9.12. The molecule has 4 rings (SSSR count). The Bertz CT molecular complexity index is 844. The molecule has 2 heterocycles. The largest absolute Gasteiger partial charge is 0.362 e. The third-order valence-electron chi connectivity index (χ3n) is 4.15. The van der Waals surface area contributed by atoms with Crippen LogP contribution in [0.2, 0.25) is 0 Å². The second kappa shape index (κ2) is 4.78. The van der Waals surface area contributed by atoms with Gasteiger partial charge in [-0.1, -0.05) is 18.2 Å². The van der Waals surface area contributed by atoms with Crippen LogP contribution in [0.1, 0.15) is 41.9 Å². The molecule has 0 bridgehead atoms. The molecule has 1 unspecified atom stereocenters. The average molecular weight is 315 g/mol. The first-order chi connectivity index (χ1) is 10.5. The Morgan fingerprint density at radius 3 is 2.73 bits per heavy atom. The highest BCUT2D eigenvalue weighted by Crippen LogP contribution is 2.39. The number of aromatic nitrogens is 2. The molecule has 114 valence electrons. The molecule has 1 saturated carbocycles. The topological polar surface area (TPSA) is 72.0 Å². The average Bonchev–Trinajstić information content (AvgIpc) is 3.27. The Kier molecular flexibility index (Phi) is 2.97. The van der Waals surface area contributed by atoms with Crippen molar-refractivity contribution >= 4 is 15.7 Å². The lowest BCUT2D eigenvalue weighted by Gasteiger charge is -2.14. The van der Waals surface area contributed by atoms with Gasteiger partial charge in [-0.3, -0.25) is 0 Å². The minimum atomic E-state index is -3.21. The van der Waals surface area contributed by atoms with Crippen molar-refractivity contribution in [2.45, 2.75) is 36.6 Å². The van der Waals surface area contributed by atoms with Crippen LogP contribution in [0.15, 0.2) is 35.2 Å². The summed E-state index contributed by atoms with van der Waals surface area (Å²) in [5.74, 6) is 2.14. The Hall–Kier alpha value is -1.95. The molecule has 0 radical (unpaired) electrons. The molecule has 2 aromatic rings. The van der Waals surface area contributed by atoms with Gasteiger partial charge in [-0.15, -0.1) is 0 Å². The van der Waals surface area contributed by atoms with Crippen LogP contribution in [0, 0.1) is 6.92 Å². The summed E-state index contributed by atoms with van der Waals surface area (Å²) in [7, 11) is -3.21. The van der Waals surface area contributed by atoms with Crippen molar-refractivity contribution < 1.29 is 8.42 Å². The second-order valence-electron chi connectivity index (χ2n) is 6.04. The molecule has 0 spiro atoms. The molecule has 0 amide bonds. The molecular formula is C16H17N3O2S. The lowest BCUT2D eigenvalue weighted by Crippen LogP contribution is -2.14. The zero-order valence-electron chi connectivity index (χ0n) is 12.3. The SMILES string of the molecule is Cc1cc(NC2CS(=O)(=O)c3ccccc32)nc(C2CC2)n1. The zero-order valence-corrected chi connectivity index (χ0v) is 13.1. The Labute approximate surface area is 129 Å². The summed E-state index contributed by atoms with van der Waals surface area (Å²) < 4.78 is 24.5. The van der Waals surface area contributed by atoms with E-state index in [0.717, 1.165) is 29.9 Å². The molecule has 5 nitrogen and oxygen atoms in total. The standard InChI is InChI=1S/C16H17N3O2S/c1-10-8-15(19-16(17-10)11-6-7-11)18-13-9-22(20,21)14-5-3-2-4-12(13)14/h2-5,8,11,13H,6-7,9H2,1H3,(H,17,18,19). The van der Waals surface area contributed by atoms with Crippen LogP contribution in [-0.4, -0.2) is 24.1 Å². The fourth-order valence-electron chi connectivity index (χ4n) is 2.94. The Balaban J connectivity index is 1.68. The number of hydrogen-bond donors (Lipinski definition) is 1. The van der Waals surface area contributed by atoms with Gasteiger partial charge in [-0.05, 0) is 31.4 Å². The molecule has 1 fully saturated rings. The van der Waals surface area contributed by atoms with Crippen LogP contribution in [0.3, 0.4) is 0 Å². The summed E-state index contributed by atoms with van der Waals surface area (Å²) in [6, 6.07) is 8.80. The molecule has 1 aromatic carbocycles. The number of rotatable bonds is 3. The van der Waals surface area contributed by atoms with E-state index in [0.29, 0.717) is 16.6 Å². The third kappa shape index (κ3) is 2.37. The van der Waals surface area contributed by atoms with Crippen LogP contribution < -0.4 is 5.32 Å². The van der Waals surface area contributed by atoms with Crippen molar-refractivity contribution in [3.63, 3.8) is 0 Å². The highest BCUT2D eigenvalue weighted by Gasteiger charge is 2.35. The van der Waals surface area contributed by atoms with Gasteiger partial charge in [0.25, 0.3) is 0 Å². The summed E-state index contributed by atoms with van der Waals surface area (Å²) >= 11 is 0. The minimum Gasteiger partial charge on any atom is -0.362 e. The lowest BCUT2D eigenvalue weighted by atomic mass is 10.1. The van der Waals surface area contributed by atoms with Crippen LogP contribution in [0.25, 0.3) is 0 Å². The predicted molar refractivity (Wildman–Crippen MR) is 83.6 cm³/mol. The van der Waals surface area contributed by atoms with E-state index >= 15 is 0 Å². The number of benzene rings is 1. The lowest BCUT2D eigenvalue weighted by molar-refractivity contribution is 0.598. The number of nitrogens with one attached hydrogen (secondary N) is 1. The van der Waals surface area contributed by atoms with Gasteiger partial charge >= 0.3 is 0 Å². The molecule has 2 aliphatic rings. The summed E-state index contributed by atoms with van der Waals surface area (Å²) in [5, 5.41) is 3.29. The van der Waals surface area contributed by atoms with Gasteiger partial charge in [-0.25, -0.2) is 18.4 Å². The Morgan fingerprint density at radius 2 is 1.95 bits per heavy atom. The molecule has 1 N–H and O–H groups in total. The maximum absolute atomic E-state index is 12.2. The van der Waals surface area contributed by atoms with E-state index in [9.17, 15) is 8.42 Å². The van der Waals surface area contributed by atoms with Crippen molar-refractivity contribution in [1.29, 1.82) is 0 Å². The molecular weight excluding hydrogens is 298 g/mol. The maximum Gasteiger partial charge on any atom is 0.181 e. The number of hydrogen-bond acceptors (Lipinski definition) is 5. The fraction of sp³-hybridized carbons (Fsp3) is 0.375. The van der Waals surface area contributed by atoms with Gasteiger partial charge < -0.3 is 5.32 Å². The van der Waals surface area contributed by atoms with Gasteiger partial charge in [-0.2, -0.15) is 0 Å². The molecule has 1 atom stereocenters. The first-order valence-electron chi connectivity index (χ1n) is 7.47. The van der Waals surface area contributed by atoms with E-state index in [-0.39, 0.29) is 11.8 Å². The van der Waals surface area contributed by atoms with Crippen LogP contribution in [-0.2, 0) is 9.84 Å². The Morgan fingerprint density at radius 1 is 1.18 bits per heavy atom.